The molecular formula is C20H30O5. The molecule has 0 bridgehead atoms. The van der Waals surface area contributed by atoms with Crippen LogP contribution >= 0.6 is 0 Å². The Balaban J connectivity index is 1.92. The van der Waals surface area contributed by atoms with E-state index in [4.69, 9.17) is 4.74 Å². The van der Waals surface area contributed by atoms with Gasteiger partial charge in [-0.2, -0.15) is 0 Å². The monoisotopic (exact) mass is 350 g/mol. The number of carbonyl (C=O) groups excluding carboxylic acids is 1. The van der Waals surface area contributed by atoms with Gasteiger partial charge in [-0.1, -0.05) is 19.9 Å². The highest BCUT2D eigenvalue weighted by Crippen LogP contribution is 2.62. The van der Waals surface area contributed by atoms with Gasteiger partial charge in [0.2, 0.25) is 0 Å². The highest BCUT2D eigenvalue weighted by atomic mass is 16.5. The van der Waals surface area contributed by atoms with Crippen molar-refractivity contribution in [3.8, 4) is 0 Å². The lowest BCUT2D eigenvalue weighted by atomic mass is 9.45. The Hall–Kier alpha value is -1.17. The molecule has 3 aliphatic rings. The number of allylic oxidation sites excluding steroid dienone is 1. The zero-order valence-electron chi connectivity index (χ0n) is 15.2. The number of fused-ring (bicyclic) bond motifs is 1. The van der Waals surface area contributed by atoms with Gasteiger partial charge in [0.25, 0.3) is 0 Å². The molecule has 0 aromatic heterocycles. The predicted molar refractivity (Wildman–Crippen MR) is 93.6 cm³/mol. The lowest BCUT2D eigenvalue weighted by molar-refractivity contribution is -0.141. The summed E-state index contributed by atoms with van der Waals surface area (Å²) in [5.41, 5.74) is 0.802. The summed E-state index contributed by atoms with van der Waals surface area (Å²) in [5.74, 6) is 0.00225. The molecule has 5 nitrogen and oxygen atoms in total. The summed E-state index contributed by atoms with van der Waals surface area (Å²) < 4.78 is 5.01. The second-order valence-electron chi connectivity index (χ2n) is 8.23. The molecule has 5 unspecified atom stereocenters. The van der Waals surface area contributed by atoms with Crippen LogP contribution in [0.2, 0.25) is 0 Å². The Bertz CT molecular complexity index is 595. The number of cyclic esters (lactones) is 1. The molecule has 0 saturated heterocycles. The number of hydrogen-bond acceptors (Lipinski definition) is 5. The van der Waals surface area contributed by atoms with Crippen LogP contribution in [0.3, 0.4) is 0 Å². The smallest absolute Gasteiger partial charge is 0.334 e. The van der Waals surface area contributed by atoms with Crippen molar-refractivity contribution in [3.63, 3.8) is 0 Å². The minimum absolute atomic E-state index is 0.0613. The van der Waals surface area contributed by atoms with Gasteiger partial charge < -0.3 is 20.1 Å². The largest absolute Gasteiger partial charge is 0.458 e. The van der Waals surface area contributed by atoms with Crippen LogP contribution in [-0.4, -0.2) is 47.2 Å². The van der Waals surface area contributed by atoms with Gasteiger partial charge in [0, 0.05) is 11.0 Å². The van der Waals surface area contributed by atoms with Gasteiger partial charge in [0.05, 0.1) is 19.3 Å². The molecule has 0 spiro atoms. The third-order valence-corrected chi connectivity index (χ3v) is 7.33. The molecule has 0 aromatic carbocycles. The standard InChI is InChI=1S/C20H30O5/c1-13-16(23)10-20(12-22)15(11-21)4-3-5-17(20)19(13,2)8-6-14-7-9-25-18(14)24/h4,7,13,16-17,21-23H,3,5-6,8-12H2,1-2H3. The maximum atomic E-state index is 11.8. The van der Waals surface area contributed by atoms with Gasteiger partial charge in [-0.3, -0.25) is 0 Å². The maximum absolute atomic E-state index is 11.8. The van der Waals surface area contributed by atoms with E-state index >= 15 is 0 Å². The van der Waals surface area contributed by atoms with E-state index in [1.165, 1.54) is 0 Å². The van der Waals surface area contributed by atoms with E-state index in [1.54, 1.807) is 0 Å². The van der Waals surface area contributed by atoms with Crippen molar-refractivity contribution in [1.82, 2.24) is 0 Å². The molecule has 25 heavy (non-hydrogen) atoms. The summed E-state index contributed by atoms with van der Waals surface area (Å²) in [7, 11) is 0. The van der Waals surface area contributed by atoms with Crippen LogP contribution in [-0.2, 0) is 9.53 Å². The molecule has 0 aromatic rings. The Morgan fingerprint density at radius 1 is 1.32 bits per heavy atom. The average molecular weight is 350 g/mol. The molecule has 5 heteroatoms. The normalized spacial score (nSPS) is 41.0. The lowest BCUT2D eigenvalue weighted by Crippen LogP contribution is -2.58. The highest BCUT2D eigenvalue weighted by molar-refractivity contribution is 5.90. The molecule has 1 aliphatic heterocycles. The molecular weight excluding hydrogens is 320 g/mol. The molecule has 2 aliphatic carbocycles. The first-order chi connectivity index (χ1) is 11.9. The molecule has 3 rings (SSSR count). The molecule has 5 atom stereocenters. The topological polar surface area (TPSA) is 87.0 Å². The van der Waals surface area contributed by atoms with Gasteiger partial charge in [-0.15, -0.1) is 0 Å². The quantitative estimate of drug-likeness (QED) is 0.521. The molecule has 3 N–H and O–H groups in total. The summed E-state index contributed by atoms with van der Waals surface area (Å²) in [6.07, 6.45) is 7.03. The Labute approximate surface area is 149 Å². The van der Waals surface area contributed by atoms with Crippen LogP contribution in [0.25, 0.3) is 0 Å². The molecule has 1 saturated carbocycles. The summed E-state index contributed by atoms with van der Waals surface area (Å²) >= 11 is 0. The molecule has 140 valence electrons. The fourth-order valence-corrected chi connectivity index (χ4v) is 5.57. The van der Waals surface area contributed by atoms with Crippen molar-refractivity contribution in [2.75, 3.05) is 19.8 Å². The second-order valence-corrected chi connectivity index (χ2v) is 8.23. The zero-order chi connectivity index (χ0) is 18.2. The van der Waals surface area contributed by atoms with Gasteiger partial charge in [-0.05, 0) is 61.0 Å². The third-order valence-electron chi connectivity index (χ3n) is 7.33. The Morgan fingerprint density at radius 3 is 2.68 bits per heavy atom. The molecule has 1 heterocycles. The van der Waals surface area contributed by atoms with E-state index in [2.05, 4.69) is 13.8 Å². The molecule has 0 amide bonds. The molecule has 0 radical (unpaired) electrons. The minimum atomic E-state index is -0.557. The zero-order valence-corrected chi connectivity index (χ0v) is 15.2. The van der Waals surface area contributed by atoms with Crippen molar-refractivity contribution < 1.29 is 24.9 Å². The average Bonchev–Trinajstić information content (AvgIpc) is 3.02. The second kappa shape index (κ2) is 6.86. The SMILES string of the molecule is CC1C(O)CC2(CO)C(CO)=CCCC2C1(C)CCC1=CCOC1=O. The number of hydrogen-bond donors (Lipinski definition) is 3. The van der Waals surface area contributed by atoms with Gasteiger partial charge in [0.1, 0.15) is 6.61 Å². The number of rotatable bonds is 5. The van der Waals surface area contributed by atoms with Gasteiger partial charge in [-0.25, -0.2) is 4.79 Å². The van der Waals surface area contributed by atoms with Gasteiger partial charge in [0.15, 0.2) is 0 Å². The van der Waals surface area contributed by atoms with E-state index < -0.39 is 11.5 Å². The highest BCUT2D eigenvalue weighted by Gasteiger charge is 2.58. The van der Waals surface area contributed by atoms with E-state index in [0.717, 1.165) is 30.4 Å². The van der Waals surface area contributed by atoms with E-state index in [9.17, 15) is 20.1 Å². The van der Waals surface area contributed by atoms with Crippen LogP contribution in [0.15, 0.2) is 23.3 Å². The lowest BCUT2D eigenvalue weighted by Gasteiger charge is -2.60. The number of aliphatic hydroxyl groups is 3. The molecule has 1 fully saturated rings. The summed E-state index contributed by atoms with van der Waals surface area (Å²) in [5, 5.41) is 30.9. The van der Waals surface area contributed by atoms with Crippen molar-refractivity contribution in [2.24, 2.45) is 22.7 Å². The maximum Gasteiger partial charge on any atom is 0.334 e. The fourth-order valence-electron chi connectivity index (χ4n) is 5.57. The van der Waals surface area contributed by atoms with Crippen LogP contribution in [0.5, 0.6) is 0 Å². The van der Waals surface area contributed by atoms with E-state index in [0.29, 0.717) is 19.4 Å². The van der Waals surface area contributed by atoms with Gasteiger partial charge >= 0.3 is 5.97 Å². The summed E-state index contributed by atoms with van der Waals surface area (Å²) in [6, 6.07) is 0. The number of ether oxygens (including phenoxy) is 1. The van der Waals surface area contributed by atoms with Crippen molar-refractivity contribution in [1.29, 1.82) is 0 Å². The Kier molecular flexibility index (Phi) is 5.11. The first-order valence-electron chi connectivity index (χ1n) is 9.34. The van der Waals surface area contributed by atoms with Crippen molar-refractivity contribution in [2.45, 2.75) is 52.1 Å². The summed E-state index contributed by atoms with van der Waals surface area (Å²) in [6.45, 7) is 4.46. The van der Waals surface area contributed by atoms with E-state index in [1.807, 2.05) is 12.2 Å². The fraction of sp³-hybridized carbons (Fsp3) is 0.750. The van der Waals surface area contributed by atoms with E-state index in [-0.39, 0.29) is 36.4 Å². The predicted octanol–water partition coefficient (Wildman–Crippen LogP) is 1.96. The van der Waals surface area contributed by atoms with Crippen LogP contribution < -0.4 is 0 Å². The Morgan fingerprint density at radius 2 is 2.08 bits per heavy atom. The summed E-state index contributed by atoms with van der Waals surface area (Å²) in [4.78, 5) is 11.8. The van der Waals surface area contributed by atoms with Crippen molar-refractivity contribution >= 4 is 5.97 Å². The number of carbonyl (C=O) groups is 1. The van der Waals surface area contributed by atoms with Crippen LogP contribution in [0.1, 0.15) is 46.0 Å². The van der Waals surface area contributed by atoms with Crippen LogP contribution in [0.4, 0.5) is 0 Å². The third kappa shape index (κ3) is 2.86. The minimum Gasteiger partial charge on any atom is -0.458 e. The van der Waals surface area contributed by atoms with Crippen molar-refractivity contribution in [3.05, 3.63) is 23.3 Å². The first kappa shape index (κ1) is 18.6. The first-order valence-corrected chi connectivity index (χ1v) is 9.34. The van der Waals surface area contributed by atoms with Crippen LogP contribution in [0, 0.1) is 22.7 Å². The number of esters is 1. The number of aliphatic hydroxyl groups excluding tert-OH is 3.